The highest BCUT2D eigenvalue weighted by molar-refractivity contribution is 5.34. The van der Waals surface area contributed by atoms with Crippen LogP contribution in [0.4, 0.5) is 4.39 Å². The molecule has 3 aromatic carbocycles. The van der Waals surface area contributed by atoms with Gasteiger partial charge in [0, 0.05) is 17.6 Å². The van der Waals surface area contributed by atoms with Crippen LogP contribution in [0.15, 0.2) is 84.9 Å². The minimum atomic E-state index is -0.940. The Kier molecular flexibility index (Phi) is 6.03. The van der Waals surface area contributed by atoms with Gasteiger partial charge in [-0.2, -0.15) is 0 Å². The van der Waals surface area contributed by atoms with Gasteiger partial charge in [0.15, 0.2) is 0 Å². The maximum absolute atomic E-state index is 15.0. The average molecular weight is 404 g/mol. The fraction of sp³-hybridized carbons (Fsp3) is 0.333. The summed E-state index contributed by atoms with van der Waals surface area (Å²) in [6.07, 6.45) is 2.63. The quantitative estimate of drug-likeness (QED) is 0.540. The van der Waals surface area contributed by atoms with Gasteiger partial charge in [0.2, 0.25) is 0 Å². The predicted octanol–water partition coefficient (Wildman–Crippen LogP) is 6.07. The Balaban J connectivity index is 1.72. The fourth-order valence-electron chi connectivity index (χ4n) is 4.98. The molecule has 4 rings (SSSR count). The van der Waals surface area contributed by atoms with E-state index in [1.54, 1.807) is 12.1 Å². The summed E-state index contributed by atoms with van der Waals surface area (Å²) in [5.74, 6) is -0.181. The Morgan fingerprint density at radius 1 is 0.933 bits per heavy atom. The monoisotopic (exact) mass is 403 g/mol. The van der Waals surface area contributed by atoms with Crippen molar-refractivity contribution < 1.29 is 9.50 Å². The van der Waals surface area contributed by atoms with E-state index in [4.69, 9.17) is 0 Å². The SMILES string of the molecule is CC1CCC(CC(C)(O)c2ccccc2)N1C(c1ccccc1)c1ccccc1F. The minimum Gasteiger partial charge on any atom is -0.385 e. The van der Waals surface area contributed by atoms with Crippen molar-refractivity contribution in [3.8, 4) is 0 Å². The molecule has 0 bridgehead atoms. The molecule has 1 saturated heterocycles. The second-order valence-electron chi connectivity index (χ2n) is 8.71. The standard InChI is InChI=1S/C27H30FNO/c1-20-17-18-23(19-27(2,30)22-13-7-4-8-14-22)29(20)26(21-11-5-3-6-12-21)24-15-9-10-16-25(24)28/h3-16,20,23,26,30H,17-19H2,1-2H3. The van der Waals surface area contributed by atoms with Crippen molar-refractivity contribution >= 4 is 0 Å². The smallest absolute Gasteiger partial charge is 0.128 e. The number of aliphatic hydroxyl groups is 1. The first kappa shape index (κ1) is 20.8. The van der Waals surface area contributed by atoms with Crippen molar-refractivity contribution in [2.24, 2.45) is 0 Å². The summed E-state index contributed by atoms with van der Waals surface area (Å²) in [6.45, 7) is 4.11. The van der Waals surface area contributed by atoms with Gasteiger partial charge in [-0.3, -0.25) is 4.90 Å². The van der Waals surface area contributed by atoms with Gasteiger partial charge in [0.1, 0.15) is 5.82 Å². The molecule has 1 fully saturated rings. The van der Waals surface area contributed by atoms with Crippen molar-refractivity contribution in [3.05, 3.63) is 107 Å². The van der Waals surface area contributed by atoms with E-state index in [0.717, 1.165) is 24.0 Å². The fourth-order valence-corrected chi connectivity index (χ4v) is 4.98. The van der Waals surface area contributed by atoms with E-state index in [0.29, 0.717) is 18.0 Å². The Labute approximate surface area is 179 Å². The van der Waals surface area contributed by atoms with E-state index in [-0.39, 0.29) is 17.9 Å². The Bertz CT molecular complexity index is 957. The summed E-state index contributed by atoms with van der Waals surface area (Å²) >= 11 is 0. The Morgan fingerprint density at radius 2 is 1.53 bits per heavy atom. The van der Waals surface area contributed by atoms with Crippen LogP contribution in [0.3, 0.4) is 0 Å². The molecular formula is C27H30FNO. The molecule has 2 nitrogen and oxygen atoms in total. The summed E-state index contributed by atoms with van der Waals surface area (Å²) in [5.41, 5.74) is 1.76. The number of likely N-dealkylation sites (tertiary alicyclic amines) is 1. The third-order valence-electron chi connectivity index (χ3n) is 6.49. The molecule has 0 radical (unpaired) electrons. The van der Waals surface area contributed by atoms with Crippen LogP contribution in [0.5, 0.6) is 0 Å². The van der Waals surface area contributed by atoms with E-state index >= 15 is 0 Å². The van der Waals surface area contributed by atoms with Crippen molar-refractivity contribution in [1.29, 1.82) is 0 Å². The molecule has 1 heterocycles. The maximum atomic E-state index is 15.0. The number of hydrogen-bond acceptors (Lipinski definition) is 2. The predicted molar refractivity (Wildman–Crippen MR) is 120 cm³/mol. The normalized spacial score (nSPS) is 22.5. The first-order chi connectivity index (χ1) is 14.5. The van der Waals surface area contributed by atoms with Crippen LogP contribution in [0, 0.1) is 5.82 Å². The summed E-state index contributed by atoms with van der Waals surface area (Å²) in [5, 5.41) is 11.3. The van der Waals surface area contributed by atoms with Crippen molar-refractivity contribution in [1.82, 2.24) is 4.90 Å². The van der Waals surface area contributed by atoms with Gasteiger partial charge in [-0.05, 0) is 50.3 Å². The number of halogens is 1. The average Bonchev–Trinajstić information content (AvgIpc) is 3.10. The summed E-state index contributed by atoms with van der Waals surface area (Å²) in [6, 6.07) is 27.4. The van der Waals surface area contributed by atoms with Gasteiger partial charge in [0.05, 0.1) is 11.6 Å². The number of rotatable bonds is 6. The molecule has 1 N–H and O–H groups in total. The topological polar surface area (TPSA) is 23.5 Å². The molecule has 0 aliphatic carbocycles. The van der Waals surface area contributed by atoms with Gasteiger partial charge in [-0.25, -0.2) is 4.39 Å². The molecule has 3 heteroatoms. The van der Waals surface area contributed by atoms with Gasteiger partial charge >= 0.3 is 0 Å². The van der Waals surface area contributed by atoms with E-state index in [1.165, 1.54) is 0 Å². The lowest BCUT2D eigenvalue weighted by Crippen LogP contribution is -2.42. The minimum absolute atomic E-state index is 0.153. The molecule has 4 unspecified atom stereocenters. The molecule has 0 spiro atoms. The van der Waals surface area contributed by atoms with Crippen LogP contribution >= 0.6 is 0 Å². The molecule has 0 aromatic heterocycles. The zero-order valence-electron chi connectivity index (χ0n) is 17.7. The van der Waals surface area contributed by atoms with E-state index < -0.39 is 5.60 Å². The van der Waals surface area contributed by atoms with E-state index in [1.807, 2.05) is 67.6 Å². The van der Waals surface area contributed by atoms with Crippen LogP contribution in [0.25, 0.3) is 0 Å². The number of benzene rings is 3. The van der Waals surface area contributed by atoms with Crippen LogP contribution < -0.4 is 0 Å². The lowest BCUT2D eigenvalue weighted by molar-refractivity contribution is 0.0114. The van der Waals surface area contributed by atoms with Gasteiger partial charge in [-0.15, -0.1) is 0 Å². The van der Waals surface area contributed by atoms with Crippen LogP contribution in [0.1, 0.15) is 55.8 Å². The second kappa shape index (κ2) is 8.71. The van der Waals surface area contributed by atoms with Gasteiger partial charge < -0.3 is 5.11 Å². The molecule has 0 amide bonds. The molecular weight excluding hydrogens is 373 g/mol. The third kappa shape index (κ3) is 4.19. The van der Waals surface area contributed by atoms with Gasteiger partial charge in [0.25, 0.3) is 0 Å². The molecule has 3 aromatic rings. The summed E-state index contributed by atoms with van der Waals surface area (Å²) < 4.78 is 15.0. The lowest BCUT2D eigenvalue weighted by atomic mass is 9.87. The molecule has 1 aliphatic rings. The van der Waals surface area contributed by atoms with Gasteiger partial charge in [-0.1, -0.05) is 78.9 Å². The lowest BCUT2D eigenvalue weighted by Gasteiger charge is -2.40. The number of nitrogens with zero attached hydrogens (tertiary/aromatic N) is 1. The van der Waals surface area contributed by atoms with Crippen LogP contribution in [-0.4, -0.2) is 22.1 Å². The molecule has 30 heavy (non-hydrogen) atoms. The maximum Gasteiger partial charge on any atom is 0.128 e. The zero-order chi connectivity index (χ0) is 21.1. The second-order valence-corrected chi connectivity index (χ2v) is 8.71. The highest BCUT2D eigenvalue weighted by Gasteiger charge is 2.41. The first-order valence-corrected chi connectivity index (χ1v) is 10.8. The first-order valence-electron chi connectivity index (χ1n) is 10.8. The third-order valence-corrected chi connectivity index (χ3v) is 6.49. The van der Waals surface area contributed by atoms with Crippen molar-refractivity contribution in [3.63, 3.8) is 0 Å². The molecule has 156 valence electrons. The van der Waals surface area contributed by atoms with E-state index in [2.05, 4.69) is 24.0 Å². The summed E-state index contributed by atoms with van der Waals surface area (Å²) in [7, 11) is 0. The largest absolute Gasteiger partial charge is 0.385 e. The highest BCUT2D eigenvalue weighted by Crippen LogP contribution is 2.42. The van der Waals surface area contributed by atoms with Crippen molar-refractivity contribution in [2.75, 3.05) is 0 Å². The van der Waals surface area contributed by atoms with Crippen molar-refractivity contribution in [2.45, 2.75) is 56.8 Å². The van der Waals surface area contributed by atoms with Crippen LogP contribution in [0.2, 0.25) is 0 Å². The molecule has 0 saturated carbocycles. The van der Waals surface area contributed by atoms with E-state index in [9.17, 15) is 9.50 Å². The van der Waals surface area contributed by atoms with Crippen LogP contribution in [-0.2, 0) is 5.60 Å². The molecule has 4 atom stereocenters. The summed E-state index contributed by atoms with van der Waals surface area (Å²) in [4.78, 5) is 2.42. The highest BCUT2D eigenvalue weighted by atomic mass is 19.1. The Morgan fingerprint density at radius 3 is 2.20 bits per heavy atom. The zero-order valence-corrected chi connectivity index (χ0v) is 17.7. The molecule has 1 aliphatic heterocycles. The Hall–Kier alpha value is -2.49. The number of hydrogen-bond donors (Lipinski definition) is 1.